The van der Waals surface area contributed by atoms with Gasteiger partial charge in [0, 0.05) is 11.5 Å². The van der Waals surface area contributed by atoms with E-state index in [0.29, 0.717) is 12.4 Å². The zero-order valence-electron chi connectivity index (χ0n) is 15.7. The molecule has 0 radical (unpaired) electrons. The normalized spacial score (nSPS) is 11.1. The van der Waals surface area contributed by atoms with Crippen molar-refractivity contribution < 1.29 is 14.3 Å². The van der Waals surface area contributed by atoms with Crippen LogP contribution in [0.15, 0.2) is 42.6 Å². The quantitative estimate of drug-likeness (QED) is 0.618. The number of rotatable bonds is 6. The van der Waals surface area contributed by atoms with Crippen LogP contribution in [0.3, 0.4) is 0 Å². The molecule has 0 unspecified atom stereocenters. The van der Waals surface area contributed by atoms with Crippen molar-refractivity contribution in [3.05, 3.63) is 53.7 Å². The number of pyridine rings is 1. The van der Waals surface area contributed by atoms with Crippen molar-refractivity contribution in [1.82, 2.24) is 4.98 Å². The van der Waals surface area contributed by atoms with Crippen molar-refractivity contribution in [3.63, 3.8) is 0 Å². The molecule has 0 aliphatic rings. The molecule has 1 aromatic heterocycles. The lowest BCUT2D eigenvalue weighted by molar-refractivity contribution is 0.0576. The Morgan fingerprint density at radius 2 is 1.85 bits per heavy atom. The van der Waals surface area contributed by atoms with Gasteiger partial charge in [-0.25, -0.2) is 9.78 Å². The van der Waals surface area contributed by atoms with E-state index in [-0.39, 0.29) is 0 Å². The number of hydrogen-bond donors (Lipinski definition) is 0. The summed E-state index contributed by atoms with van der Waals surface area (Å²) in [5.74, 6) is 1.35. The molecule has 1 aromatic carbocycles. The van der Waals surface area contributed by atoms with Crippen molar-refractivity contribution in [2.45, 2.75) is 39.3 Å². The SMILES string of the molecule is COc1ccc(CN(C(=O)OC(C)(C)C)c2cc(CCBr)ccn2)cc1. The van der Waals surface area contributed by atoms with Gasteiger partial charge in [-0.2, -0.15) is 0 Å². The van der Waals surface area contributed by atoms with Gasteiger partial charge in [0.15, 0.2) is 0 Å². The molecule has 1 heterocycles. The number of hydrogen-bond acceptors (Lipinski definition) is 4. The zero-order valence-corrected chi connectivity index (χ0v) is 17.2. The average Bonchev–Trinajstić information content (AvgIpc) is 2.59. The van der Waals surface area contributed by atoms with Crippen LogP contribution in [0.2, 0.25) is 0 Å². The Hall–Kier alpha value is -2.08. The van der Waals surface area contributed by atoms with E-state index in [9.17, 15) is 4.79 Å². The van der Waals surface area contributed by atoms with Crippen LogP contribution >= 0.6 is 15.9 Å². The lowest BCUT2D eigenvalue weighted by Gasteiger charge is -2.27. The van der Waals surface area contributed by atoms with Crippen LogP contribution in [0.5, 0.6) is 5.75 Å². The molecule has 0 aliphatic carbocycles. The van der Waals surface area contributed by atoms with E-state index in [1.54, 1.807) is 18.2 Å². The van der Waals surface area contributed by atoms with Crippen molar-refractivity contribution in [3.8, 4) is 5.75 Å². The van der Waals surface area contributed by atoms with E-state index in [1.807, 2.05) is 57.2 Å². The van der Waals surface area contributed by atoms with Gasteiger partial charge in [-0.1, -0.05) is 28.1 Å². The second kappa shape index (κ2) is 9.03. The van der Waals surface area contributed by atoms with Crippen LogP contribution < -0.4 is 9.64 Å². The molecule has 0 saturated carbocycles. The van der Waals surface area contributed by atoms with Gasteiger partial charge in [0.25, 0.3) is 0 Å². The Labute approximate surface area is 163 Å². The number of anilines is 1. The second-order valence-electron chi connectivity index (χ2n) is 6.88. The third kappa shape index (κ3) is 6.02. The fraction of sp³-hybridized carbons (Fsp3) is 0.400. The van der Waals surface area contributed by atoms with Crippen LogP contribution in [0.1, 0.15) is 31.9 Å². The first-order valence-electron chi connectivity index (χ1n) is 8.47. The van der Waals surface area contributed by atoms with Gasteiger partial charge in [0.05, 0.1) is 13.7 Å². The number of benzene rings is 1. The minimum atomic E-state index is -0.581. The number of carbonyl (C=O) groups excluding carboxylic acids is 1. The van der Waals surface area contributed by atoms with Crippen LogP contribution in [0, 0.1) is 0 Å². The van der Waals surface area contributed by atoms with Gasteiger partial charge < -0.3 is 9.47 Å². The maximum atomic E-state index is 12.8. The first-order chi connectivity index (χ1) is 12.3. The predicted octanol–water partition coefficient (Wildman–Crippen LogP) is 4.97. The van der Waals surface area contributed by atoms with Gasteiger partial charge in [0.1, 0.15) is 17.2 Å². The van der Waals surface area contributed by atoms with Crippen molar-refractivity contribution >= 4 is 27.8 Å². The molecule has 2 aromatic rings. The van der Waals surface area contributed by atoms with Crippen molar-refractivity contribution in [2.75, 3.05) is 17.3 Å². The van der Waals surface area contributed by atoms with E-state index >= 15 is 0 Å². The van der Waals surface area contributed by atoms with Crippen LogP contribution in [0.25, 0.3) is 0 Å². The fourth-order valence-electron chi connectivity index (χ4n) is 2.34. The topological polar surface area (TPSA) is 51.7 Å². The summed E-state index contributed by atoms with van der Waals surface area (Å²) in [4.78, 5) is 18.7. The molecule has 0 aliphatic heterocycles. The number of nitrogens with zero attached hydrogens (tertiary/aromatic N) is 2. The van der Waals surface area contributed by atoms with E-state index in [0.717, 1.165) is 28.6 Å². The highest BCUT2D eigenvalue weighted by atomic mass is 79.9. The maximum Gasteiger partial charge on any atom is 0.416 e. The summed E-state index contributed by atoms with van der Waals surface area (Å²) in [7, 11) is 1.63. The average molecular weight is 421 g/mol. The minimum absolute atomic E-state index is 0.365. The molecule has 0 spiro atoms. The van der Waals surface area contributed by atoms with E-state index in [1.165, 1.54) is 0 Å². The van der Waals surface area contributed by atoms with Gasteiger partial charge >= 0.3 is 6.09 Å². The molecule has 0 atom stereocenters. The predicted molar refractivity (Wildman–Crippen MR) is 107 cm³/mol. The molecular formula is C20H25BrN2O3. The van der Waals surface area contributed by atoms with Crippen LogP contribution in [-0.2, 0) is 17.7 Å². The molecule has 0 saturated heterocycles. The molecule has 0 N–H and O–H groups in total. The summed E-state index contributed by atoms with van der Waals surface area (Å²) < 4.78 is 10.8. The molecule has 140 valence electrons. The minimum Gasteiger partial charge on any atom is -0.497 e. The molecular weight excluding hydrogens is 396 g/mol. The highest BCUT2D eigenvalue weighted by Gasteiger charge is 2.24. The fourth-order valence-corrected chi connectivity index (χ4v) is 2.80. The molecule has 1 amide bonds. The number of aryl methyl sites for hydroxylation is 1. The summed E-state index contributed by atoms with van der Waals surface area (Å²) in [6.45, 7) is 5.92. The number of ether oxygens (including phenoxy) is 2. The molecule has 6 heteroatoms. The van der Waals surface area contributed by atoms with Crippen molar-refractivity contribution in [2.24, 2.45) is 0 Å². The Morgan fingerprint density at radius 3 is 2.42 bits per heavy atom. The summed E-state index contributed by atoms with van der Waals surface area (Å²) in [6, 6.07) is 11.5. The van der Waals surface area contributed by atoms with E-state index in [4.69, 9.17) is 9.47 Å². The Balaban J connectivity index is 2.31. The summed E-state index contributed by atoms with van der Waals surface area (Å²) in [5, 5.41) is 0.849. The lowest BCUT2D eigenvalue weighted by atomic mass is 10.2. The smallest absolute Gasteiger partial charge is 0.416 e. The number of methoxy groups -OCH3 is 1. The van der Waals surface area contributed by atoms with Gasteiger partial charge in [-0.3, -0.25) is 4.90 Å². The molecule has 26 heavy (non-hydrogen) atoms. The first-order valence-corrected chi connectivity index (χ1v) is 9.59. The van der Waals surface area contributed by atoms with Gasteiger partial charge in [0.2, 0.25) is 0 Å². The van der Waals surface area contributed by atoms with Gasteiger partial charge in [-0.05, 0) is 62.6 Å². The number of alkyl halides is 1. The third-order valence-corrected chi connectivity index (χ3v) is 3.98. The Morgan fingerprint density at radius 1 is 1.15 bits per heavy atom. The Bertz CT molecular complexity index is 727. The largest absolute Gasteiger partial charge is 0.497 e. The molecule has 0 fully saturated rings. The van der Waals surface area contributed by atoms with E-state index < -0.39 is 11.7 Å². The van der Waals surface area contributed by atoms with Gasteiger partial charge in [-0.15, -0.1) is 0 Å². The Kier molecular flexibility index (Phi) is 7.03. The summed E-state index contributed by atoms with van der Waals surface area (Å²) in [6.07, 6.45) is 2.16. The molecule has 5 nitrogen and oxygen atoms in total. The second-order valence-corrected chi connectivity index (χ2v) is 7.67. The van der Waals surface area contributed by atoms with E-state index in [2.05, 4.69) is 20.9 Å². The monoisotopic (exact) mass is 420 g/mol. The summed E-state index contributed by atoms with van der Waals surface area (Å²) >= 11 is 3.45. The standard InChI is InChI=1S/C20H25BrN2O3/c1-20(2,3)26-19(24)23(14-16-5-7-17(25-4)8-6-16)18-13-15(9-11-21)10-12-22-18/h5-8,10,12-13H,9,11,14H2,1-4H3. The number of halogens is 1. The zero-order chi connectivity index (χ0) is 19.2. The maximum absolute atomic E-state index is 12.8. The van der Waals surface area contributed by atoms with Crippen LogP contribution in [-0.4, -0.2) is 29.1 Å². The number of amides is 1. The van der Waals surface area contributed by atoms with Crippen LogP contribution in [0.4, 0.5) is 10.6 Å². The molecule has 2 rings (SSSR count). The first kappa shape index (κ1) is 20.2. The molecule has 0 bridgehead atoms. The highest BCUT2D eigenvalue weighted by molar-refractivity contribution is 9.09. The summed E-state index contributed by atoms with van der Waals surface area (Å²) in [5.41, 5.74) is 1.49. The van der Waals surface area contributed by atoms with Crippen molar-refractivity contribution in [1.29, 1.82) is 0 Å². The number of carbonyl (C=O) groups is 1. The highest BCUT2D eigenvalue weighted by Crippen LogP contribution is 2.21. The third-order valence-electron chi connectivity index (χ3n) is 3.58. The number of aromatic nitrogens is 1. The lowest BCUT2D eigenvalue weighted by Crippen LogP contribution is -2.37.